The van der Waals surface area contributed by atoms with Crippen molar-refractivity contribution < 1.29 is 28.5 Å². The van der Waals surface area contributed by atoms with E-state index in [-0.39, 0.29) is 17.9 Å². The fourth-order valence-corrected chi connectivity index (χ4v) is 2.29. The van der Waals surface area contributed by atoms with Gasteiger partial charge in [-0.3, -0.25) is 4.79 Å². The number of carbonyl (C=O) groups excluding carboxylic acids is 2. The lowest BCUT2D eigenvalue weighted by atomic mass is 10.1. The van der Waals surface area contributed by atoms with E-state index in [1.54, 1.807) is 6.07 Å². The number of benzene rings is 1. The third-order valence-corrected chi connectivity index (χ3v) is 3.42. The van der Waals surface area contributed by atoms with Crippen LogP contribution in [0.4, 0.5) is 0 Å². The molecule has 0 amide bonds. The Morgan fingerprint density at radius 2 is 1.75 bits per heavy atom. The van der Waals surface area contributed by atoms with Crippen LogP contribution in [0.5, 0.6) is 17.2 Å². The molecule has 0 unspecified atom stereocenters. The number of rotatable bonds is 2. The molecule has 2 rings (SSSR count). The normalized spacial score (nSPS) is 17.0. The third kappa shape index (κ3) is 5.01. The van der Waals surface area contributed by atoms with E-state index in [1.807, 2.05) is 0 Å². The molecule has 0 aromatic heterocycles. The maximum atomic E-state index is 12.5. The van der Waals surface area contributed by atoms with E-state index in [9.17, 15) is 9.59 Å². The zero-order valence-electron chi connectivity index (χ0n) is 14.0. The highest BCUT2D eigenvalue weighted by Gasteiger charge is 2.23. The van der Waals surface area contributed by atoms with Gasteiger partial charge < -0.3 is 18.9 Å². The monoisotopic (exact) mass is 334 g/mol. The molecule has 0 saturated heterocycles. The molecule has 1 aromatic rings. The highest BCUT2D eigenvalue weighted by atomic mass is 16.6. The van der Waals surface area contributed by atoms with Crippen molar-refractivity contribution in [3.8, 4) is 17.2 Å². The van der Waals surface area contributed by atoms with Crippen LogP contribution < -0.4 is 14.2 Å². The standard InChI is InChI=1S/C18H22O6/c1-13(19)24-16-12-14(21-2)11-15-17(16)18(20)23-10-8-6-4-3-5-7-9-22-15/h3-4,11-12H,5-10H2,1-2H3/b4-3-. The van der Waals surface area contributed by atoms with Crippen molar-refractivity contribution in [1.82, 2.24) is 0 Å². The summed E-state index contributed by atoms with van der Waals surface area (Å²) in [5.41, 5.74) is 0.109. The van der Waals surface area contributed by atoms with Gasteiger partial charge in [-0.1, -0.05) is 12.2 Å². The molecule has 1 aliphatic heterocycles. The Balaban J connectivity index is 2.39. The van der Waals surface area contributed by atoms with Crippen LogP contribution in [0.2, 0.25) is 0 Å². The molecule has 0 bridgehead atoms. The molecule has 0 saturated carbocycles. The van der Waals surface area contributed by atoms with E-state index in [1.165, 1.54) is 20.1 Å². The van der Waals surface area contributed by atoms with Crippen LogP contribution in [0, 0.1) is 0 Å². The summed E-state index contributed by atoms with van der Waals surface area (Å²) in [5.74, 6) is -0.312. The molecule has 1 aliphatic rings. The number of ether oxygens (including phenoxy) is 4. The second kappa shape index (κ2) is 8.96. The number of fused-ring (bicyclic) bond motifs is 1. The van der Waals surface area contributed by atoms with E-state index < -0.39 is 11.9 Å². The maximum Gasteiger partial charge on any atom is 0.345 e. The predicted molar refractivity (Wildman–Crippen MR) is 87.7 cm³/mol. The summed E-state index contributed by atoms with van der Waals surface area (Å²) in [6.07, 6.45) is 7.46. The molecule has 1 aromatic carbocycles. The molecule has 0 atom stereocenters. The number of hydrogen-bond acceptors (Lipinski definition) is 6. The fourth-order valence-electron chi connectivity index (χ4n) is 2.29. The van der Waals surface area contributed by atoms with Crippen molar-refractivity contribution in [3.05, 3.63) is 29.8 Å². The van der Waals surface area contributed by atoms with Crippen molar-refractivity contribution >= 4 is 11.9 Å². The first-order valence-corrected chi connectivity index (χ1v) is 7.97. The van der Waals surface area contributed by atoms with Gasteiger partial charge in [0.2, 0.25) is 0 Å². The molecule has 1 heterocycles. The van der Waals surface area contributed by atoms with E-state index in [0.29, 0.717) is 18.1 Å². The number of allylic oxidation sites excluding steroid dienone is 2. The minimum Gasteiger partial charge on any atom is -0.496 e. The lowest BCUT2D eigenvalue weighted by Gasteiger charge is -2.16. The largest absolute Gasteiger partial charge is 0.496 e. The van der Waals surface area contributed by atoms with Gasteiger partial charge >= 0.3 is 11.9 Å². The molecule has 0 radical (unpaired) electrons. The zero-order valence-corrected chi connectivity index (χ0v) is 14.0. The third-order valence-electron chi connectivity index (χ3n) is 3.42. The summed E-state index contributed by atoms with van der Waals surface area (Å²) >= 11 is 0. The molecule has 6 heteroatoms. The van der Waals surface area contributed by atoms with Crippen molar-refractivity contribution in [2.45, 2.75) is 32.6 Å². The Morgan fingerprint density at radius 3 is 2.38 bits per heavy atom. The Kier molecular flexibility index (Phi) is 6.66. The van der Waals surface area contributed by atoms with E-state index >= 15 is 0 Å². The Labute approximate surface area is 141 Å². The van der Waals surface area contributed by atoms with Gasteiger partial charge in [0.15, 0.2) is 5.75 Å². The molecule has 0 aliphatic carbocycles. The van der Waals surface area contributed by atoms with Gasteiger partial charge in [0, 0.05) is 19.1 Å². The van der Waals surface area contributed by atoms with Gasteiger partial charge in [-0.25, -0.2) is 4.79 Å². The van der Waals surface area contributed by atoms with Crippen LogP contribution in [0.15, 0.2) is 24.3 Å². The highest BCUT2D eigenvalue weighted by molar-refractivity contribution is 5.97. The van der Waals surface area contributed by atoms with Gasteiger partial charge in [-0.05, 0) is 25.7 Å². The van der Waals surface area contributed by atoms with Crippen molar-refractivity contribution in [2.75, 3.05) is 20.3 Å². The summed E-state index contributed by atoms with van der Waals surface area (Å²) in [7, 11) is 1.49. The van der Waals surface area contributed by atoms with Crippen LogP contribution in [-0.2, 0) is 9.53 Å². The predicted octanol–water partition coefficient (Wildman–Crippen LogP) is 3.29. The van der Waals surface area contributed by atoms with Crippen LogP contribution in [-0.4, -0.2) is 32.3 Å². The minimum absolute atomic E-state index is 0.0786. The first kappa shape index (κ1) is 17.8. The number of methoxy groups -OCH3 is 1. The second-order valence-corrected chi connectivity index (χ2v) is 5.33. The van der Waals surface area contributed by atoms with E-state index in [0.717, 1.165) is 25.7 Å². The Morgan fingerprint density at radius 1 is 1.08 bits per heavy atom. The average molecular weight is 334 g/mol. The van der Waals surface area contributed by atoms with Crippen molar-refractivity contribution in [3.63, 3.8) is 0 Å². The summed E-state index contributed by atoms with van der Waals surface area (Å²) in [5, 5.41) is 0. The van der Waals surface area contributed by atoms with Crippen LogP contribution in [0.1, 0.15) is 43.0 Å². The number of carbonyl (C=O) groups is 2. The van der Waals surface area contributed by atoms with Crippen molar-refractivity contribution in [2.24, 2.45) is 0 Å². The van der Waals surface area contributed by atoms with Crippen LogP contribution >= 0.6 is 0 Å². The second-order valence-electron chi connectivity index (χ2n) is 5.33. The first-order valence-electron chi connectivity index (χ1n) is 7.97. The van der Waals surface area contributed by atoms with E-state index in [4.69, 9.17) is 18.9 Å². The lowest BCUT2D eigenvalue weighted by molar-refractivity contribution is -0.131. The zero-order chi connectivity index (χ0) is 17.4. The number of cyclic esters (lactones) is 1. The topological polar surface area (TPSA) is 71.1 Å². The van der Waals surface area contributed by atoms with Gasteiger partial charge in [0.05, 0.1) is 20.3 Å². The van der Waals surface area contributed by atoms with Gasteiger partial charge in [-0.2, -0.15) is 0 Å². The Bertz CT molecular complexity index is 620. The summed E-state index contributed by atoms with van der Waals surface area (Å²) in [4.78, 5) is 23.8. The molecular formula is C18H22O6. The summed E-state index contributed by atoms with van der Waals surface area (Å²) in [6.45, 7) is 1.98. The van der Waals surface area contributed by atoms with Gasteiger partial charge in [0.1, 0.15) is 17.1 Å². The summed E-state index contributed by atoms with van der Waals surface area (Å²) < 4.78 is 21.4. The van der Waals surface area contributed by atoms with E-state index in [2.05, 4.69) is 12.2 Å². The lowest BCUT2D eigenvalue weighted by Crippen LogP contribution is -2.14. The molecule has 0 N–H and O–H groups in total. The first-order chi connectivity index (χ1) is 11.6. The van der Waals surface area contributed by atoms with Gasteiger partial charge in [0.25, 0.3) is 0 Å². The van der Waals surface area contributed by atoms with Crippen molar-refractivity contribution in [1.29, 1.82) is 0 Å². The smallest absolute Gasteiger partial charge is 0.345 e. The maximum absolute atomic E-state index is 12.5. The van der Waals surface area contributed by atoms with Crippen LogP contribution in [0.25, 0.3) is 0 Å². The van der Waals surface area contributed by atoms with Crippen LogP contribution in [0.3, 0.4) is 0 Å². The summed E-state index contributed by atoms with van der Waals surface area (Å²) in [6, 6.07) is 3.07. The SMILES string of the molecule is COc1cc2c(c(OC(C)=O)c1)C(=O)OCCC/C=C\CCCO2. The fraction of sp³-hybridized carbons (Fsp3) is 0.444. The molecule has 0 spiro atoms. The molecular weight excluding hydrogens is 312 g/mol. The molecule has 24 heavy (non-hydrogen) atoms. The minimum atomic E-state index is -0.577. The average Bonchev–Trinajstić information content (AvgIpc) is 2.56. The highest BCUT2D eigenvalue weighted by Crippen LogP contribution is 2.35. The quantitative estimate of drug-likeness (QED) is 0.469. The number of hydrogen-bond donors (Lipinski definition) is 0. The Hall–Kier alpha value is -2.50. The van der Waals surface area contributed by atoms with Gasteiger partial charge in [-0.15, -0.1) is 0 Å². The molecule has 6 nitrogen and oxygen atoms in total. The molecule has 130 valence electrons. The molecule has 0 fully saturated rings. The number of esters is 2.